The number of rotatable bonds is 4. The predicted molar refractivity (Wildman–Crippen MR) is 92.2 cm³/mol. The van der Waals surface area contributed by atoms with Gasteiger partial charge in [-0.1, -0.05) is 17.4 Å². The van der Waals surface area contributed by atoms with E-state index in [1.165, 1.54) is 0 Å². The van der Waals surface area contributed by atoms with E-state index in [0.29, 0.717) is 13.2 Å². The zero-order valence-corrected chi connectivity index (χ0v) is 14.7. The van der Waals surface area contributed by atoms with Gasteiger partial charge in [0.15, 0.2) is 0 Å². The van der Waals surface area contributed by atoms with Crippen LogP contribution >= 0.6 is 11.3 Å². The summed E-state index contributed by atoms with van der Waals surface area (Å²) in [5.41, 5.74) is 1.00. The maximum absolute atomic E-state index is 6.22. The van der Waals surface area contributed by atoms with E-state index in [0.717, 1.165) is 48.1 Å². The minimum atomic E-state index is -0.0998. The highest BCUT2D eigenvalue weighted by atomic mass is 32.1. The highest BCUT2D eigenvalue weighted by Crippen LogP contribution is 2.38. The second kappa shape index (κ2) is 6.74. The Hall–Kier alpha value is -1.57. The predicted octanol–water partition coefficient (Wildman–Crippen LogP) is 2.59. The average molecular weight is 346 g/mol. The van der Waals surface area contributed by atoms with Crippen LogP contribution in [0.4, 0.5) is 5.13 Å². The Balaban J connectivity index is 1.36. The van der Waals surface area contributed by atoms with Crippen molar-refractivity contribution in [1.29, 1.82) is 0 Å². The molecule has 1 spiro atoms. The van der Waals surface area contributed by atoms with Crippen LogP contribution in [0.25, 0.3) is 0 Å². The van der Waals surface area contributed by atoms with Crippen molar-refractivity contribution in [3.63, 3.8) is 0 Å². The molecule has 128 valence electrons. The fourth-order valence-corrected chi connectivity index (χ4v) is 4.28. The number of aromatic nitrogens is 3. The van der Waals surface area contributed by atoms with Crippen LogP contribution in [0.3, 0.4) is 0 Å². The number of hydrogen-bond acceptors (Lipinski definition) is 7. The van der Waals surface area contributed by atoms with Gasteiger partial charge in [0, 0.05) is 31.9 Å². The molecule has 2 atom stereocenters. The molecule has 2 aromatic heterocycles. The van der Waals surface area contributed by atoms with Gasteiger partial charge in [-0.05, 0) is 31.4 Å². The van der Waals surface area contributed by atoms with Gasteiger partial charge in [0.2, 0.25) is 5.13 Å². The lowest BCUT2D eigenvalue weighted by Gasteiger charge is -2.39. The lowest BCUT2D eigenvalue weighted by Crippen LogP contribution is -2.48. The zero-order valence-electron chi connectivity index (χ0n) is 13.9. The number of hydrogen-bond donors (Lipinski definition) is 0. The first-order valence-electron chi connectivity index (χ1n) is 8.42. The standard InChI is InChI=1S/C17H22N4O2S/c1-13-19-20-16(24-13)21-7-3-5-17(12-21)8-15(11-23-17)22-10-14-4-2-6-18-9-14/h2,4,6,9,15H,3,5,7-8,10-12H2,1H3/t15-,17+/m1/s1. The Bertz CT molecular complexity index is 680. The number of pyridine rings is 1. The summed E-state index contributed by atoms with van der Waals surface area (Å²) in [7, 11) is 0. The maximum Gasteiger partial charge on any atom is 0.208 e. The van der Waals surface area contributed by atoms with Crippen LogP contribution in [-0.2, 0) is 16.1 Å². The Morgan fingerprint density at radius 3 is 3.21 bits per heavy atom. The van der Waals surface area contributed by atoms with Gasteiger partial charge in [-0.25, -0.2) is 0 Å². The first-order valence-corrected chi connectivity index (χ1v) is 9.24. The number of nitrogens with zero attached hydrogens (tertiary/aromatic N) is 4. The van der Waals surface area contributed by atoms with Crippen molar-refractivity contribution in [2.75, 3.05) is 24.6 Å². The molecule has 2 saturated heterocycles. The van der Waals surface area contributed by atoms with E-state index in [1.807, 2.05) is 25.3 Å². The fourth-order valence-electron chi connectivity index (χ4n) is 3.57. The van der Waals surface area contributed by atoms with Crippen molar-refractivity contribution < 1.29 is 9.47 Å². The Morgan fingerprint density at radius 2 is 2.42 bits per heavy atom. The van der Waals surface area contributed by atoms with E-state index in [4.69, 9.17) is 9.47 Å². The molecule has 0 unspecified atom stereocenters. The molecule has 0 radical (unpaired) electrons. The highest BCUT2D eigenvalue weighted by Gasteiger charge is 2.44. The molecular weight excluding hydrogens is 324 g/mol. The lowest BCUT2D eigenvalue weighted by molar-refractivity contribution is -0.0136. The molecule has 0 aromatic carbocycles. The van der Waals surface area contributed by atoms with Crippen molar-refractivity contribution in [3.8, 4) is 0 Å². The molecule has 6 nitrogen and oxygen atoms in total. The largest absolute Gasteiger partial charge is 0.371 e. The topological polar surface area (TPSA) is 60.4 Å². The molecule has 24 heavy (non-hydrogen) atoms. The molecule has 4 heterocycles. The summed E-state index contributed by atoms with van der Waals surface area (Å²) >= 11 is 1.65. The highest BCUT2D eigenvalue weighted by molar-refractivity contribution is 7.15. The smallest absolute Gasteiger partial charge is 0.208 e. The summed E-state index contributed by atoms with van der Waals surface area (Å²) in [5.74, 6) is 0. The van der Waals surface area contributed by atoms with Gasteiger partial charge in [0.05, 0.1) is 24.9 Å². The quantitative estimate of drug-likeness (QED) is 0.848. The van der Waals surface area contributed by atoms with E-state index in [1.54, 1.807) is 17.5 Å². The van der Waals surface area contributed by atoms with Crippen LogP contribution in [0.15, 0.2) is 24.5 Å². The second-order valence-electron chi connectivity index (χ2n) is 6.62. The molecule has 2 aromatic rings. The third-order valence-electron chi connectivity index (χ3n) is 4.71. The van der Waals surface area contributed by atoms with Crippen molar-refractivity contribution >= 4 is 16.5 Å². The first-order chi connectivity index (χ1) is 11.7. The molecule has 0 amide bonds. The monoisotopic (exact) mass is 346 g/mol. The van der Waals surface area contributed by atoms with Gasteiger partial charge >= 0.3 is 0 Å². The van der Waals surface area contributed by atoms with Crippen LogP contribution in [-0.4, -0.2) is 46.6 Å². The number of piperidine rings is 1. The minimum Gasteiger partial charge on any atom is -0.371 e. The Morgan fingerprint density at radius 1 is 1.46 bits per heavy atom. The summed E-state index contributed by atoms with van der Waals surface area (Å²) in [6.45, 7) is 5.17. The van der Waals surface area contributed by atoms with E-state index in [-0.39, 0.29) is 11.7 Å². The van der Waals surface area contributed by atoms with Crippen LogP contribution in [0.1, 0.15) is 29.8 Å². The molecule has 4 rings (SSSR count). The summed E-state index contributed by atoms with van der Waals surface area (Å²) in [4.78, 5) is 6.45. The molecule has 2 aliphatic rings. The summed E-state index contributed by atoms with van der Waals surface area (Å²) in [5, 5.41) is 10.4. The van der Waals surface area contributed by atoms with E-state index in [2.05, 4.69) is 20.1 Å². The number of anilines is 1. The van der Waals surface area contributed by atoms with Crippen LogP contribution < -0.4 is 4.90 Å². The van der Waals surface area contributed by atoms with Crippen LogP contribution in [0, 0.1) is 6.92 Å². The molecule has 2 fully saturated rings. The van der Waals surface area contributed by atoms with Crippen molar-refractivity contribution in [2.24, 2.45) is 0 Å². The zero-order chi connectivity index (χ0) is 16.4. The molecule has 7 heteroatoms. The van der Waals surface area contributed by atoms with E-state index >= 15 is 0 Å². The van der Waals surface area contributed by atoms with Gasteiger partial charge < -0.3 is 14.4 Å². The lowest BCUT2D eigenvalue weighted by atomic mass is 9.89. The van der Waals surface area contributed by atoms with Gasteiger partial charge in [0.1, 0.15) is 5.01 Å². The Kier molecular flexibility index (Phi) is 4.47. The SMILES string of the molecule is Cc1nnc(N2CCC[C@]3(C[C@@H](OCc4cccnc4)CO3)C2)s1. The second-order valence-corrected chi connectivity index (χ2v) is 7.78. The van der Waals surface area contributed by atoms with Crippen molar-refractivity contribution in [2.45, 2.75) is 44.5 Å². The molecule has 0 N–H and O–H groups in total. The summed E-state index contributed by atoms with van der Waals surface area (Å²) < 4.78 is 12.3. The molecule has 0 bridgehead atoms. The van der Waals surface area contributed by atoms with Crippen LogP contribution in [0.2, 0.25) is 0 Å². The van der Waals surface area contributed by atoms with Gasteiger partial charge in [0.25, 0.3) is 0 Å². The average Bonchev–Trinajstić information content (AvgIpc) is 3.21. The summed E-state index contributed by atoms with van der Waals surface area (Å²) in [6.07, 6.45) is 6.94. The Labute approximate surface area is 145 Å². The van der Waals surface area contributed by atoms with Gasteiger partial charge in [-0.2, -0.15) is 0 Å². The third-order valence-corrected chi connectivity index (χ3v) is 5.61. The minimum absolute atomic E-state index is 0.0998. The van der Waals surface area contributed by atoms with E-state index in [9.17, 15) is 0 Å². The molecule has 0 saturated carbocycles. The maximum atomic E-state index is 6.22. The number of aryl methyl sites for hydroxylation is 1. The fraction of sp³-hybridized carbons (Fsp3) is 0.588. The van der Waals surface area contributed by atoms with Gasteiger partial charge in [-0.3, -0.25) is 4.98 Å². The van der Waals surface area contributed by atoms with Crippen molar-refractivity contribution in [3.05, 3.63) is 35.1 Å². The first kappa shape index (κ1) is 15.9. The van der Waals surface area contributed by atoms with Crippen LogP contribution in [0.5, 0.6) is 0 Å². The molecule has 0 aliphatic carbocycles. The van der Waals surface area contributed by atoms with E-state index < -0.39 is 0 Å². The van der Waals surface area contributed by atoms with Crippen molar-refractivity contribution in [1.82, 2.24) is 15.2 Å². The molecular formula is C17H22N4O2S. The normalized spacial score (nSPS) is 27.0. The third kappa shape index (κ3) is 3.43. The number of ether oxygens (including phenoxy) is 2. The summed E-state index contributed by atoms with van der Waals surface area (Å²) in [6, 6.07) is 3.98. The van der Waals surface area contributed by atoms with Gasteiger partial charge in [-0.15, -0.1) is 10.2 Å². The molecule has 2 aliphatic heterocycles.